The fourth-order valence-electron chi connectivity index (χ4n) is 2.03. The molecule has 0 fully saturated rings. The Morgan fingerprint density at radius 1 is 1.35 bits per heavy atom. The van der Waals surface area contributed by atoms with Gasteiger partial charge in [0.05, 0.1) is 18.9 Å². The number of guanidine groups is 1. The monoisotopic (exact) mass is 368 g/mol. The number of carbonyl (C=O) groups is 3. The number of aliphatic carboxylic acids is 1. The Balaban J connectivity index is 2.36. The molecule has 0 radical (unpaired) electrons. The van der Waals surface area contributed by atoms with Crippen molar-refractivity contribution in [3.05, 3.63) is 18.2 Å². The fourth-order valence-corrected chi connectivity index (χ4v) is 2.03. The van der Waals surface area contributed by atoms with Gasteiger partial charge >= 0.3 is 5.97 Å². The Hall–Kier alpha value is -3.15. The number of nitrogens with two attached hydrogens (primary N) is 3. The molecule has 1 rings (SSSR count). The predicted octanol–water partition coefficient (Wildman–Crippen LogP) is -2.98. The summed E-state index contributed by atoms with van der Waals surface area (Å²) in [5.74, 6) is -2.45. The standard InChI is InChI=1S/C14H24N8O4/c15-9(4-8-5-18-7-21-8)12(24)20-6-11(23)22-10(13(25)26)2-1-3-19-14(16)17/h5,7,9-10H,1-4,6,15H2,(H,18,21)(H,20,24)(H,22,23)(H,25,26)(H4,16,17,19)/t9-,10-/m0/s1. The van der Waals surface area contributed by atoms with Crippen LogP contribution in [0.1, 0.15) is 18.5 Å². The molecule has 2 amide bonds. The van der Waals surface area contributed by atoms with Crippen molar-refractivity contribution < 1.29 is 19.5 Å². The Kier molecular flexibility index (Phi) is 8.57. The van der Waals surface area contributed by atoms with Gasteiger partial charge in [-0.1, -0.05) is 0 Å². The molecule has 0 unspecified atom stereocenters. The highest BCUT2D eigenvalue weighted by Crippen LogP contribution is 1.99. The zero-order chi connectivity index (χ0) is 19.5. The summed E-state index contributed by atoms with van der Waals surface area (Å²) >= 11 is 0. The largest absolute Gasteiger partial charge is 0.480 e. The summed E-state index contributed by atoms with van der Waals surface area (Å²) in [7, 11) is 0. The number of hydrogen-bond acceptors (Lipinski definition) is 6. The first-order chi connectivity index (χ1) is 12.3. The molecule has 0 bridgehead atoms. The van der Waals surface area contributed by atoms with Crippen molar-refractivity contribution in [3.8, 4) is 0 Å². The number of carboxylic acids is 1. The van der Waals surface area contributed by atoms with Crippen LogP contribution in [0.15, 0.2) is 17.5 Å². The molecule has 0 aliphatic carbocycles. The lowest BCUT2D eigenvalue weighted by molar-refractivity contribution is -0.141. The maximum atomic E-state index is 11.9. The molecule has 1 heterocycles. The molecule has 26 heavy (non-hydrogen) atoms. The molecule has 0 spiro atoms. The molecule has 1 aromatic rings. The van der Waals surface area contributed by atoms with Gasteiger partial charge in [-0.3, -0.25) is 14.6 Å². The Morgan fingerprint density at radius 3 is 2.65 bits per heavy atom. The van der Waals surface area contributed by atoms with E-state index in [1.54, 1.807) is 6.20 Å². The highest BCUT2D eigenvalue weighted by Gasteiger charge is 2.21. The highest BCUT2D eigenvalue weighted by atomic mass is 16.4. The van der Waals surface area contributed by atoms with Crippen LogP contribution in [-0.4, -0.2) is 64.0 Å². The van der Waals surface area contributed by atoms with E-state index in [2.05, 4.69) is 25.6 Å². The Bertz CT molecular complexity index is 627. The predicted molar refractivity (Wildman–Crippen MR) is 92.8 cm³/mol. The van der Waals surface area contributed by atoms with Gasteiger partial charge in [0, 0.05) is 24.9 Å². The molecule has 12 nitrogen and oxygen atoms in total. The van der Waals surface area contributed by atoms with Crippen LogP contribution in [0.5, 0.6) is 0 Å². The number of amides is 2. The molecule has 0 aliphatic heterocycles. The van der Waals surface area contributed by atoms with Crippen molar-refractivity contribution in [2.75, 3.05) is 13.1 Å². The number of rotatable bonds is 11. The van der Waals surface area contributed by atoms with Crippen LogP contribution in [-0.2, 0) is 20.8 Å². The lowest BCUT2D eigenvalue weighted by atomic mass is 10.1. The Morgan fingerprint density at radius 2 is 2.08 bits per heavy atom. The lowest BCUT2D eigenvalue weighted by Crippen LogP contribution is -2.49. The first-order valence-corrected chi connectivity index (χ1v) is 7.87. The van der Waals surface area contributed by atoms with Gasteiger partial charge in [-0.05, 0) is 12.8 Å². The second kappa shape index (κ2) is 10.7. The number of aliphatic imine (C=N–C) groups is 1. The number of hydrogen-bond donors (Lipinski definition) is 7. The van der Waals surface area contributed by atoms with Gasteiger partial charge in [-0.2, -0.15) is 0 Å². The molecular formula is C14H24N8O4. The smallest absolute Gasteiger partial charge is 0.326 e. The van der Waals surface area contributed by atoms with Crippen molar-refractivity contribution >= 4 is 23.7 Å². The molecule has 0 saturated heterocycles. The molecule has 0 aliphatic rings. The number of nitrogens with one attached hydrogen (secondary N) is 3. The van der Waals surface area contributed by atoms with Crippen LogP contribution in [0.4, 0.5) is 0 Å². The third-order valence-corrected chi connectivity index (χ3v) is 3.33. The minimum Gasteiger partial charge on any atom is -0.480 e. The number of H-pyrrole nitrogens is 1. The van der Waals surface area contributed by atoms with Gasteiger partial charge in [-0.25, -0.2) is 9.78 Å². The molecule has 0 aromatic carbocycles. The van der Waals surface area contributed by atoms with E-state index in [0.717, 1.165) is 0 Å². The average molecular weight is 368 g/mol. The van der Waals surface area contributed by atoms with E-state index in [1.807, 2.05) is 0 Å². The zero-order valence-corrected chi connectivity index (χ0v) is 14.1. The molecule has 2 atom stereocenters. The third kappa shape index (κ3) is 8.10. The SMILES string of the molecule is NC(N)=NCCC[C@H](NC(=O)CNC(=O)[C@@H](N)Cc1cnc[nH]1)C(=O)O. The fraction of sp³-hybridized carbons (Fsp3) is 0.500. The topological polar surface area (TPSA) is 215 Å². The van der Waals surface area contributed by atoms with Crippen molar-refractivity contribution in [2.45, 2.75) is 31.3 Å². The zero-order valence-electron chi connectivity index (χ0n) is 14.1. The molecular weight excluding hydrogens is 344 g/mol. The van der Waals surface area contributed by atoms with Crippen LogP contribution >= 0.6 is 0 Å². The molecule has 10 N–H and O–H groups in total. The molecule has 1 aromatic heterocycles. The second-order valence-electron chi connectivity index (χ2n) is 5.51. The van der Waals surface area contributed by atoms with Crippen molar-refractivity contribution in [3.63, 3.8) is 0 Å². The number of nitrogens with zero attached hydrogens (tertiary/aromatic N) is 2. The van der Waals surface area contributed by atoms with E-state index >= 15 is 0 Å². The van der Waals surface area contributed by atoms with Crippen molar-refractivity contribution in [1.82, 2.24) is 20.6 Å². The normalized spacial score (nSPS) is 12.7. The van der Waals surface area contributed by atoms with Gasteiger partial charge in [0.2, 0.25) is 11.8 Å². The van der Waals surface area contributed by atoms with Gasteiger partial charge in [-0.15, -0.1) is 0 Å². The summed E-state index contributed by atoms with van der Waals surface area (Å²) in [6.07, 6.45) is 3.75. The Labute approximate surface area is 149 Å². The maximum Gasteiger partial charge on any atom is 0.326 e. The summed E-state index contributed by atoms with van der Waals surface area (Å²) in [5.41, 5.74) is 16.8. The van der Waals surface area contributed by atoms with Gasteiger partial charge in [0.25, 0.3) is 0 Å². The van der Waals surface area contributed by atoms with Crippen LogP contribution in [0, 0.1) is 0 Å². The third-order valence-electron chi connectivity index (χ3n) is 3.33. The van der Waals surface area contributed by atoms with E-state index in [1.165, 1.54) is 6.33 Å². The number of aromatic amines is 1. The van der Waals surface area contributed by atoms with E-state index in [-0.39, 0.29) is 31.9 Å². The minimum atomic E-state index is -1.19. The van der Waals surface area contributed by atoms with Crippen LogP contribution in [0.25, 0.3) is 0 Å². The van der Waals surface area contributed by atoms with Crippen LogP contribution in [0.2, 0.25) is 0 Å². The maximum absolute atomic E-state index is 11.9. The molecule has 12 heteroatoms. The first-order valence-electron chi connectivity index (χ1n) is 7.87. The van der Waals surface area contributed by atoms with Gasteiger partial charge in [0.1, 0.15) is 6.04 Å². The summed E-state index contributed by atoms with van der Waals surface area (Å²) in [6, 6.07) is -1.97. The van der Waals surface area contributed by atoms with Gasteiger partial charge in [0.15, 0.2) is 5.96 Å². The summed E-state index contributed by atoms with van der Waals surface area (Å²) in [4.78, 5) is 45.2. The van der Waals surface area contributed by atoms with Crippen LogP contribution in [0.3, 0.4) is 0 Å². The molecule has 0 saturated carbocycles. The van der Waals surface area contributed by atoms with E-state index in [4.69, 9.17) is 22.3 Å². The number of carbonyl (C=O) groups excluding carboxylic acids is 2. The molecule has 144 valence electrons. The second-order valence-corrected chi connectivity index (χ2v) is 5.51. The van der Waals surface area contributed by atoms with Crippen LogP contribution < -0.4 is 27.8 Å². The van der Waals surface area contributed by atoms with E-state index in [0.29, 0.717) is 12.1 Å². The highest BCUT2D eigenvalue weighted by molar-refractivity contribution is 5.89. The number of carboxylic acid groups (broad SMARTS) is 1. The number of aromatic nitrogens is 2. The summed E-state index contributed by atoms with van der Waals surface area (Å²) in [6.45, 7) is -0.131. The van der Waals surface area contributed by atoms with E-state index in [9.17, 15) is 14.4 Å². The minimum absolute atomic E-state index is 0.0879. The van der Waals surface area contributed by atoms with Crippen molar-refractivity contribution in [2.24, 2.45) is 22.2 Å². The number of imidazole rings is 1. The summed E-state index contributed by atoms with van der Waals surface area (Å²) in [5, 5.41) is 13.8. The van der Waals surface area contributed by atoms with Crippen molar-refractivity contribution in [1.29, 1.82) is 0 Å². The van der Waals surface area contributed by atoms with Gasteiger partial charge < -0.3 is 37.9 Å². The first kappa shape index (κ1) is 20.9. The average Bonchev–Trinajstić information content (AvgIpc) is 3.07. The lowest BCUT2D eigenvalue weighted by Gasteiger charge is -2.15. The van der Waals surface area contributed by atoms with E-state index < -0.39 is 29.9 Å². The summed E-state index contributed by atoms with van der Waals surface area (Å²) < 4.78 is 0. The quantitative estimate of drug-likeness (QED) is 0.121.